The summed E-state index contributed by atoms with van der Waals surface area (Å²) in [5.74, 6) is 0.356. The van der Waals surface area contributed by atoms with E-state index in [9.17, 15) is 0 Å². The first kappa shape index (κ1) is 34.2. The van der Waals surface area contributed by atoms with Crippen LogP contribution in [0.3, 0.4) is 0 Å². The van der Waals surface area contributed by atoms with Gasteiger partial charge in [-0.15, -0.1) is 0 Å². The molecule has 4 aromatic carbocycles. The highest BCUT2D eigenvalue weighted by Crippen LogP contribution is 2.45. The van der Waals surface area contributed by atoms with Gasteiger partial charge in [0, 0.05) is 34.4 Å². The van der Waals surface area contributed by atoms with Crippen LogP contribution < -0.4 is 14.3 Å². The normalized spacial score (nSPS) is 16.9. The SMILES string of the molecule is C=C1CC2C(CCc3ccc(-c4ccccc4)cc3-c3ccc(-c4ccccc4)c[n+]31)c1ccccc1-c1cc(CC(C)(C)C)c([Si](C)(C)C)c[n+]12. The molecule has 2 aliphatic rings. The predicted octanol–water partition coefficient (Wildman–Crippen LogP) is 11.2. The van der Waals surface area contributed by atoms with Gasteiger partial charge in [-0.3, -0.25) is 0 Å². The highest BCUT2D eigenvalue weighted by atomic mass is 28.3. The molecular formula is C49H52N2Si+2. The summed E-state index contributed by atoms with van der Waals surface area (Å²) >= 11 is 0. The summed E-state index contributed by atoms with van der Waals surface area (Å²) in [6.07, 6.45) is 8.96. The Morgan fingerprint density at radius 2 is 1.33 bits per heavy atom. The van der Waals surface area contributed by atoms with Crippen LogP contribution in [0.5, 0.6) is 0 Å². The van der Waals surface area contributed by atoms with Crippen LogP contribution in [-0.4, -0.2) is 8.07 Å². The van der Waals surface area contributed by atoms with E-state index >= 15 is 0 Å². The summed E-state index contributed by atoms with van der Waals surface area (Å²) in [5, 5.41) is 1.59. The van der Waals surface area contributed by atoms with Gasteiger partial charge in [0.1, 0.15) is 0 Å². The second-order valence-corrected chi connectivity index (χ2v) is 22.4. The van der Waals surface area contributed by atoms with Crippen molar-refractivity contribution in [3.05, 3.63) is 157 Å². The van der Waals surface area contributed by atoms with Crippen molar-refractivity contribution in [1.29, 1.82) is 0 Å². The average Bonchev–Trinajstić information content (AvgIpc) is 3.13. The molecule has 0 fully saturated rings. The minimum atomic E-state index is -1.67. The van der Waals surface area contributed by atoms with E-state index in [4.69, 9.17) is 6.58 Å². The minimum absolute atomic E-state index is 0.208. The molecule has 6 aromatic rings. The first-order valence-corrected chi connectivity index (χ1v) is 22.6. The van der Waals surface area contributed by atoms with Gasteiger partial charge in [0.05, 0.1) is 20.1 Å². The Kier molecular flexibility index (Phi) is 8.74. The Balaban J connectivity index is 1.34. The number of aromatic nitrogens is 2. The fourth-order valence-electron chi connectivity index (χ4n) is 8.81. The van der Waals surface area contributed by atoms with Gasteiger partial charge in [0.15, 0.2) is 24.1 Å². The number of pyridine rings is 2. The number of hydrogen-bond donors (Lipinski definition) is 0. The second kappa shape index (κ2) is 13.3. The van der Waals surface area contributed by atoms with Crippen LogP contribution in [0.2, 0.25) is 19.6 Å². The quantitative estimate of drug-likeness (QED) is 0.128. The van der Waals surface area contributed by atoms with Crippen LogP contribution in [0.15, 0.2) is 140 Å². The molecule has 4 heterocycles. The van der Waals surface area contributed by atoms with Crippen LogP contribution in [0.25, 0.3) is 50.5 Å². The predicted molar refractivity (Wildman–Crippen MR) is 221 cm³/mol. The zero-order valence-corrected chi connectivity index (χ0v) is 32.8. The number of rotatable bonds is 4. The van der Waals surface area contributed by atoms with E-state index in [1.54, 1.807) is 5.19 Å². The first-order valence-electron chi connectivity index (χ1n) is 19.1. The van der Waals surface area contributed by atoms with Gasteiger partial charge in [-0.25, -0.2) is 0 Å². The monoisotopic (exact) mass is 696 g/mol. The maximum atomic E-state index is 4.93. The molecule has 2 nitrogen and oxygen atoms in total. The zero-order valence-electron chi connectivity index (χ0n) is 31.8. The number of benzene rings is 4. The van der Waals surface area contributed by atoms with Crippen molar-refractivity contribution in [1.82, 2.24) is 0 Å². The zero-order chi connectivity index (χ0) is 36.2. The molecule has 0 radical (unpaired) electrons. The molecule has 52 heavy (non-hydrogen) atoms. The molecule has 0 bridgehead atoms. The van der Waals surface area contributed by atoms with Gasteiger partial charge >= 0.3 is 0 Å². The summed E-state index contributed by atoms with van der Waals surface area (Å²) in [5.41, 5.74) is 15.9. The highest BCUT2D eigenvalue weighted by Gasteiger charge is 2.44. The van der Waals surface area contributed by atoms with E-state index in [0.717, 1.165) is 31.4 Å². The van der Waals surface area contributed by atoms with Gasteiger partial charge in [-0.05, 0) is 82.8 Å². The molecule has 260 valence electrons. The Morgan fingerprint density at radius 3 is 2.02 bits per heavy atom. The Labute approximate surface area is 312 Å². The minimum Gasteiger partial charge on any atom is -0.194 e. The fourth-order valence-corrected chi connectivity index (χ4v) is 10.5. The molecule has 2 unspecified atom stereocenters. The third-order valence-corrected chi connectivity index (χ3v) is 13.3. The molecule has 0 spiro atoms. The van der Waals surface area contributed by atoms with Crippen molar-refractivity contribution >= 4 is 19.0 Å². The van der Waals surface area contributed by atoms with Crippen LogP contribution >= 0.6 is 0 Å². The Morgan fingerprint density at radius 1 is 0.673 bits per heavy atom. The number of aryl methyl sites for hydroxylation is 1. The second-order valence-electron chi connectivity index (χ2n) is 17.3. The van der Waals surface area contributed by atoms with Crippen LogP contribution in [0, 0.1) is 5.41 Å². The lowest BCUT2D eigenvalue weighted by Crippen LogP contribution is -2.54. The van der Waals surface area contributed by atoms with Crippen LogP contribution in [-0.2, 0) is 12.8 Å². The Hall–Kier alpha value is -4.86. The molecule has 0 saturated heterocycles. The topological polar surface area (TPSA) is 7.76 Å². The molecule has 3 heteroatoms. The molecule has 0 amide bonds. The number of hydrogen-bond acceptors (Lipinski definition) is 0. The maximum Gasteiger partial charge on any atom is 0.218 e. The lowest BCUT2D eigenvalue weighted by Gasteiger charge is -2.33. The standard InChI is InChI=1S/C49H52N2Si/c1-34-28-46-43(41-20-14-15-21-42(41)47-30-40(31-49(2,3)4)48(33-51(46)47)52(5,6)7)26-24-37-22-23-38(35-16-10-8-11-17-35)29-44(37)45-27-25-39(32-50(34)45)36-18-12-9-13-19-36/h8-23,25,27,29-30,32-33,43,46H,1,24,26,28,31H2,2-7H3/q+2. The van der Waals surface area contributed by atoms with Gasteiger partial charge in [0.2, 0.25) is 11.4 Å². The number of allylic oxidation sites excluding steroid dienone is 1. The summed E-state index contributed by atoms with van der Waals surface area (Å²) in [6.45, 7) is 19.6. The third-order valence-electron chi connectivity index (χ3n) is 11.2. The molecule has 0 saturated carbocycles. The van der Waals surface area contributed by atoms with E-state index in [1.807, 2.05) is 0 Å². The summed E-state index contributed by atoms with van der Waals surface area (Å²) < 4.78 is 5.12. The van der Waals surface area contributed by atoms with Crippen LogP contribution in [0.1, 0.15) is 62.3 Å². The van der Waals surface area contributed by atoms with Crippen molar-refractivity contribution in [2.75, 3.05) is 0 Å². The lowest BCUT2D eigenvalue weighted by atomic mass is 9.77. The van der Waals surface area contributed by atoms with Gasteiger partial charge < -0.3 is 0 Å². The van der Waals surface area contributed by atoms with Gasteiger partial charge in [-0.1, -0.05) is 131 Å². The largest absolute Gasteiger partial charge is 0.218 e. The smallest absolute Gasteiger partial charge is 0.194 e. The molecule has 2 aromatic heterocycles. The average molecular weight is 697 g/mol. The van der Waals surface area contributed by atoms with Crippen molar-refractivity contribution in [3.63, 3.8) is 0 Å². The molecule has 2 aliphatic heterocycles. The summed E-state index contributed by atoms with van der Waals surface area (Å²) in [4.78, 5) is 0. The fraction of sp³-hybridized carbons (Fsp3) is 0.265. The molecular weight excluding hydrogens is 645 g/mol. The third kappa shape index (κ3) is 6.52. The number of fused-ring (bicyclic) bond motifs is 9. The van der Waals surface area contributed by atoms with E-state index in [1.165, 1.54) is 61.5 Å². The lowest BCUT2D eigenvalue weighted by molar-refractivity contribution is -0.719. The summed E-state index contributed by atoms with van der Waals surface area (Å²) in [7, 11) is -1.67. The molecule has 8 rings (SSSR count). The van der Waals surface area contributed by atoms with Gasteiger partial charge in [0.25, 0.3) is 0 Å². The van der Waals surface area contributed by atoms with Crippen molar-refractivity contribution < 1.29 is 9.13 Å². The maximum absolute atomic E-state index is 4.93. The van der Waals surface area contributed by atoms with E-state index in [2.05, 4.69) is 183 Å². The Bertz CT molecular complexity index is 2290. The summed E-state index contributed by atoms with van der Waals surface area (Å²) in [6, 6.07) is 45.4. The van der Waals surface area contributed by atoms with Crippen molar-refractivity contribution in [3.8, 4) is 44.8 Å². The van der Waals surface area contributed by atoms with E-state index < -0.39 is 8.07 Å². The number of nitrogens with zero attached hydrogens (tertiary/aromatic N) is 2. The molecule has 2 atom stereocenters. The van der Waals surface area contributed by atoms with E-state index in [0.29, 0.717) is 5.92 Å². The van der Waals surface area contributed by atoms with Crippen LogP contribution in [0.4, 0.5) is 0 Å². The first-order chi connectivity index (χ1) is 24.9. The van der Waals surface area contributed by atoms with Crippen molar-refractivity contribution in [2.45, 2.75) is 78.1 Å². The van der Waals surface area contributed by atoms with Gasteiger partial charge in [-0.2, -0.15) is 9.13 Å². The molecule has 0 N–H and O–H groups in total. The highest BCUT2D eigenvalue weighted by molar-refractivity contribution is 6.89. The van der Waals surface area contributed by atoms with Crippen molar-refractivity contribution in [2.24, 2.45) is 5.41 Å². The van der Waals surface area contributed by atoms with E-state index in [-0.39, 0.29) is 11.5 Å². The molecule has 0 aliphatic carbocycles.